The smallest absolute Gasteiger partial charge is 0.264 e. The summed E-state index contributed by atoms with van der Waals surface area (Å²) in [6.45, 7) is 0.681. The second-order valence-corrected chi connectivity index (χ2v) is 6.58. The lowest BCUT2D eigenvalue weighted by Crippen LogP contribution is -2.23. The number of hydrogen-bond acceptors (Lipinski definition) is 3. The van der Waals surface area contributed by atoms with E-state index in [0.29, 0.717) is 24.7 Å². The lowest BCUT2D eigenvalue weighted by Gasteiger charge is -2.16. The SMILES string of the molecule is O=C(Nc1cc(C2CC2)[nH]n1)C(F)c1ccc(N2CCCC2=O)cc1. The fourth-order valence-corrected chi connectivity index (χ4v) is 3.09. The molecule has 25 heavy (non-hydrogen) atoms. The zero-order valence-electron chi connectivity index (χ0n) is 13.7. The molecule has 2 amide bonds. The number of aromatic nitrogens is 2. The molecule has 1 saturated heterocycles. The maximum Gasteiger partial charge on any atom is 0.264 e. The Morgan fingerprint density at radius 3 is 2.72 bits per heavy atom. The van der Waals surface area contributed by atoms with Crippen molar-refractivity contribution < 1.29 is 14.0 Å². The van der Waals surface area contributed by atoms with E-state index in [9.17, 15) is 14.0 Å². The highest BCUT2D eigenvalue weighted by Gasteiger charge is 2.27. The summed E-state index contributed by atoms with van der Waals surface area (Å²) in [6, 6.07) is 8.21. The molecule has 0 radical (unpaired) electrons. The number of carbonyl (C=O) groups is 2. The van der Waals surface area contributed by atoms with Crippen molar-refractivity contribution >= 4 is 23.3 Å². The number of amides is 2. The standard InChI is InChI=1S/C18H19FN4O2/c19-17(18(25)20-15-10-14(21-22-15)11-3-4-11)12-5-7-13(8-6-12)23-9-1-2-16(23)24/h5-8,10-11,17H,1-4,9H2,(H2,20,21,22,25). The largest absolute Gasteiger partial charge is 0.312 e. The number of carbonyl (C=O) groups excluding carboxylic acids is 2. The molecule has 1 aromatic carbocycles. The van der Waals surface area contributed by atoms with Crippen LogP contribution in [0.5, 0.6) is 0 Å². The molecule has 2 heterocycles. The van der Waals surface area contributed by atoms with Crippen LogP contribution in [-0.4, -0.2) is 28.6 Å². The summed E-state index contributed by atoms with van der Waals surface area (Å²) in [4.78, 5) is 25.5. The molecule has 6 nitrogen and oxygen atoms in total. The van der Waals surface area contributed by atoms with E-state index in [-0.39, 0.29) is 11.5 Å². The molecule has 1 unspecified atom stereocenters. The highest BCUT2D eigenvalue weighted by molar-refractivity contribution is 5.96. The van der Waals surface area contributed by atoms with Gasteiger partial charge in [-0.1, -0.05) is 12.1 Å². The average molecular weight is 342 g/mol. The molecule has 2 fully saturated rings. The first-order chi connectivity index (χ1) is 12.1. The van der Waals surface area contributed by atoms with Gasteiger partial charge in [0.15, 0.2) is 5.82 Å². The second kappa shape index (κ2) is 6.31. The van der Waals surface area contributed by atoms with Crippen LogP contribution in [0.2, 0.25) is 0 Å². The zero-order chi connectivity index (χ0) is 17.4. The Labute approximate surface area is 144 Å². The van der Waals surface area contributed by atoms with Crippen molar-refractivity contribution in [2.24, 2.45) is 0 Å². The van der Waals surface area contributed by atoms with Gasteiger partial charge in [0.05, 0.1) is 0 Å². The van der Waals surface area contributed by atoms with Gasteiger partial charge in [0, 0.05) is 36.3 Å². The zero-order valence-corrected chi connectivity index (χ0v) is 13.7. The van der Waals surface area contributed by atoms with E-state index >= 15 is 0 Å². The quantitative estimate of drug-likeness (QED) is 0.876. The molecule has 2 aromatic rings. The van der Waals surface area contributed by atoms with Gasteiger partial charge >= 0.3 is 0 Å². The van der Waals surface area contributed by atoms with E-state index in [4.69, 9.17) is 0 Å². The van der Waals surface area contributed by atoms with Crippen LogP contribution in [-0.2, 0) is 9.59 Å². The number of halogens is 1. The first-order valence-corrected chi connectivity index (χ1v) is 8.52. The minimum Gasteiger partial charge on any atom is -0.312 e. The van der Waals surface area contributed by atoms with Gasteiger partial charge in [-0.15, -0.1) is 0 Å². The number of nitrogens with one attached hydrogen (secondary N) is 2. The number of H-pyrrole nitrogens is 1. The van der Waals surface area contributed by atoms with Crippen LogP contribution in [0, 0.1) is 0 Å². The monoisotopic (exact) mass is 342 g/mol. The minimum absolute atomic E-state index is 0.0762. The minimum atomic E-state index is -1.79. The van der Waals surface area contributed by atoms with Gasteiger partial charge in [-0.25, -0.2) is 4.39 Å². The maximum absolute atomic E-state index is 14.4. The van der Waals surface area contributed by atoms with Gasteiger partial charge in [0.25, 0.3) is 5.91 Å². The Hall–Kier alpha value is -2.70. The number of nitrogens with zero attached hydrogens (tertiary/aromatic N) is 2. The van der Waals surface area contributed by atoms with Gasteiger partial charge in [0.1, 0.15) is 0 Å². The molecular weight excluding hydrogens is 323 g/mol. The second-order valence-electron chi connectivity index (χ2n) is 6.58. The van der Waals surface area contributed by atoms with E-state index in [1.165, 1.54) is 0 Å². The molecule has 1 saturated carbocycles. The average Bonchev–Trinajstić information content (AvgIpc) is 3.22. The molecule has 1 aromatic heterocycles. The summed E-state index contributed by atoms with van der Waals surface area (Å²) >= 11 is 0. The van der Waals surface area contributed by atoms with Crippen molar-refractivity contribution in [3.63, 3.8) is 0 Å². The van der Waals surface area contributed by atoms with E-state index < -0.39 is 12.1 Å². The third kappa shape index (κ3) is 3.26. The first-order valence-electron chi connectivity index (χ1n) is 8.52. The molecule has 1 atom stereocenters. The molecule has 1 aliphatic carbocycles. The van der Waals surface area contributed by atoms with Crippen molar-refractivity contribution in [1.82, 2.24) is 10.2 Å². The Morgan fingerprint density at radius 1 is 1.32 bits per heavy atom. The van der Waals surface area contributed by atoms with Crippen LogP contribution in [0.1, 0.15) is 49.0 Å². The van der Waals surface area contributed by atoms with Gasteiger partial charge in [-0.2, -0.15) is 5.10 Å². The number of rotatable bonds is 5. The van der Waals surface area contributed by atoms with Crippen LogP contribution in [0.15, 0.2) is 30.3 Å². The molecule has 2 aliphatic rings. The predicted octanol–water partition coefficient (Wildman–Crippen LogP) is 3.06. The maximum atomic E-state index is 14.4. The Kier molecular flexibility index (Phi) is 3.99. The van der Waals surface area contributed by atoms with Gasteiger partial charge in [-0.05, 0) is 37.0 Å². The van der Waals surface area contributed by atoms with Crippen LogP contribution < -0.4 is 10.2 Å². The number of benzene rings is 1. The molecule has 0 spiro atoms. The summed E-state index contributed by atoms with van der Waals surface area (Å²) in [7, 11) is 0. The van der Waals surface area contributed by atoms with E-state index in [2.05, 4.69) is 15.5 Å². The fourth-order valence-electron chi connectivity index (χ4n) is 3.09. The summed E-state index contributed by atoms with van der Waals surface area (Å²) in [5.41, 5.74) is 1.97. The van der Waals surface area contributed by atoms with Gasteiger partial charge < -0.3 is 10.2 Å². The predicted molar refractivity (Wildman–Crippen MR) is 91.1 cm³/mol. The summed E-state index contributed by atoms with van der Waals surface area (Å²) in [6.07, 6.45) is 1.83. The van der Waals surface area contributed by atoms with Crippen molar-refractivity contribution in [1.29, 1.82) is 0 Å². The van der Waals surface area contributed by atoms with E-state index in [0.717, 1.165) is 30.6 Å². The summed E-state index contributed by atoms with van der Waals surface area (Å²) in [5.74, 6) is 0.153. The number of hydrogen-bond donors (Lipinski definition) is 2. The first kappa shape index (κ1) is 15.8. The van der Waals surface area contributed by atoms with E-state index in [1.807, 2.05) is 0 Å². The molecular formula is C18H19FN4O2. The van der Waals surface area contributed by atoms with Crippen molar-refractivity contribution in [3.8, 4) is 0 Å². The Balaban J connectivity index is 1.41. The Morgan fingerprint density at radius 2 is 2.08 bits per heavy atom. The van der Waals surface area contributed by atoms with Crippen LogP contribution in [0.4, 0.5) is 15.9 Å². The number of alkyl halides is 1. The molecule has 130 valence electrons. The highest BCUT2D eigenvalue weighted by Crippen LogP contribution is 2.39. The summed E-state index contributed by atoms with van der Waals surface area (Å²) < 4.78 is 14.4. The van der Waals surface area contributed by atoms with Crippen LogP contribution in [0.25, 0.3) is 0 Å². The fraction of sp³-hybridized carbons (Fsp3) is 0.389. The molecule has 7 heteroatoms. The third-order valence-corrected chi connectivity index (χ3v) is 4.67. The van der Waals surface area contributed by atoms with Gasteiger partial charge in [-0.3, -0.25) is 14.7 Å². The third-order valence-electron chi connectivity index (χ3n) is 4.67. The number of aromatic amines is 1. The van der Waals surface area contributed by atoms with Gasteiger partial charge in [0.2, 0.25) is 12.1 Å². The van der Waals surface area contributed by atoms with Crippen LogP contribution in [0.3, 0.4) is 0 Å². The molecule has 1 aliphatic heterocycles. The lowest BCUT2D eigenvalue weighted by molar-refractivity contribution is -0.121. The molecule has 4 rings (SSSR count). The number of anilines is 2. The van der Waals surface area contributed by atoms with Crippen LogP contribution >= 0.6 is 0 Å². The molecule has 0 bridgehead atoms. The molecule has 2 N–H and O–H groups in total. The summed E-state index contributed by atoms with van der Waals surface area (Å²) in [5, 5.41) is 9.37. The van der Waals surface area contributed by atoms with Crippen molar-refractivity contribution in [2.45, 2.75) is 37.8 Å². The lowest BCUT2D eigenvalue weighted by atomic mass is 10.1. The normalized spacial score (nSPS) is 18.4. The topological polar surface area (TPSA) is 78.1 Å². The van der Waals surface area contributed by atoms with Crippen molar-refractivity contribution in [2.75, 3.05) is 16.8 Å². The van der Waals surface area contributed by atoms with E-state index in [1.54, 1.807) is 35.2 Å². The highest BCUT2D eigenvalue weighted by atomic mass is 19.1. The Bertz CT molecular complexity index is 798. The van der Waals surface area contributed by atoms with Crippen molar-refractivity contribution in [3.05, 3.63) is 41.6 Å².